The standard InChI is InChI=1S/C26H24N2O4S/c1-28(15-18-11-12-33-17-18)25(29)16-32-24-14-20-8-4-3-7-19(20)13-21(24)26(30)27-22-9-5-6-10-23(22)31-2/h3-14,17H,15-16H2,1-2H3,(H,27,30). The van der Waals surface area contributed by atoms with Gasteiger partial charge in [-0.3, -0.25) is 9.59 Å². The van der Waals surface area contributed by atoms with Gasteiger partial charge in [-0.2, -0.15) is 11.3 Å². The summed E-state index contributed by atoms with van der Waals surface area (Å²) in [6.07, 6.45) is 0. The first-order valence-corrected chi connectivity index (χ1v) is 11.3. The Morgan fingerprint density at radius 3 is 2.42 bits per heavy atom. The minimum absolute atomic E-state index is 0.173. The highest BCUT2D eigenvalue weighted by Crippen LogP contribution is 2.29. The van der Waals surface area contributed by atoms with E-state index < -0.39 is 0 Å². The number of nitrogens with zero attached hydrogens (tertiary/aromatic N) is 1. The molecule has 168 valence electrons. The second kappa shape index (κ2) is 10.2. The molecule has 0 spiro atoms. The van der Waals surface area contributed by atoms with Gasteiger partial charge in [0.05, 0.1) is 18.4 Å². The van der Waals surface area contributed by atoms with E-state index in [1.807, 2.05) is 53.2 Å². The predicted octanol–water partition coefficient (Wildman–Crippen LogP) is 5.20. The van der Waals surface area contributed by atoms with Crippen molar-refractivity contribution < 1.29 is 19.1 Å². The number of benzene rings is 3. The smallest absolute Gasteiger partial charge is 0.260 e. The lowest BCUT2D eigenvalue weighted by Crippen LogP contribution is -2.31. The Kier molecular flexibility index (Phi) is 6.90. The molecule has 0 atom stereocenters. The molecule has 1 N–H and O–H groups in total. The molecule has 7 heteroatoms. The molecule has 4 rings (SSSR count). The lowest BCUT2D eigenvalue weighted by atomic mass is 10.1. The summed E-state index contributed by atoms with van der Waals surface area (Å²) in [6, 6.07) is 20.4. The van der Waals surface area contributed by atoms with Crippen molar-refractivity contribution in [3.8, 4) is 11.5 Å². The van der Waals surface area contributed by atoms with Crippen molar-refractivity contribution in [1.82, 2.24) is 4.90 Å². The Bertz CT molecular complexity index is 1270. The van der Waals surface area contributed by atoms with Gasteiger partial charge in [0.25, 0.3) is 11.8 Å². The fraction of sp³-hybridized carbons (Fsp3) is 0.154. The van der Waals surface area contributed by atoms with Crippen molar-refractivity contribution >= 4 is 39.6 Å². The summed E-state index contributed by atoms with van der Waals surface area (Å²) in [5, 5.41) is 8.69. The molecule has 0 unspecified atom stereocenters. The zero-order valence-electron chi connectivity index (χ0n) is 18.4. The first-order chi connectivity index (χ1) is 16.0. The number of hydrogen-bond donors (Lipinski definition) is 1. The molecule has 0 aliphatic heterocycles. The van der Waals surface area contributed by atoms with Gasteiger partial charge in [0.2, 0.25) is 0 Å². The summed E-state index contributed by atoms with van der Waals surface area (Å²) >= 11 is 1.59. The van der Waals surface area contributed by atoms with Gasteiger partial charge in [-0.15, -0.1) is 0 Å². The minimum Gasteiger partial charge on any atom is -0.495 e. The summed E-state index contributed by atoms with van der Waals surface area (Å²) in [5.41, 5.74) is 1.96. The number of thiophene rings is 1. The van der Waals surface area contributed by atoms with Gasteiger partial charge in [0.1, 0.15) is 11.5 Å². The van der Waals surface area contributed by atoms with E-state index in [-0.39, 0.29) is 18.4 Å². The fourth-order valence-corrected chi connectivity index (χ4v) is 4.11. The third-order valence-electron chi connectivity index (χ3n) is 5.22. The number of methoxy groups -OCH3 is 1. The molecule has 1 aromatic heterocycles. The lowest BCUT2D eigenvalue weighted by molar-refractivity contribution is -0.132. The second-order valence-corrected chi connectivity index (χ2v) is 8.30. The molecule has 4 aromatic rings. The molecule has 6 nitrogen and oxygen atoms in total. The highest BCUT2D eigenvalue weighted by atomic mass is 32.1. The average molecular weight is 461 g/mol. The largest absolute Gasteiger partial charge is 0.495 e. The number of rotatable bonds is 8. The number of nitrogens with one attached hydrogen (secondary N) is 1. The van der Waals surface area contributed by atoms with Crippen molar-refractivity contribution in [2.75, 3.05) is 26.1 Å². The van der Waals surface area contributed by atoms with Crippen LogP contribution in [-0.4, -0.2) is 37.5 Å². The van der Waals surface area contributed by atoms with Gasteiger partial charge >= 0.3 is 0 Å². The van der Waals surface area contributed by atoms with Crippen molar-refractivity contribution in [2.24, 2.45) is 0 Å². The molecule has 0 aliphatic carbocycles. The number of amides is 2. The van der Waals surface area contributed by atoms with Crippen LogP contribution in [0.4, 0.5) is 5.69 Å². The molecule has 0 fully saturated rings. The topological polar surface area (TPSA) is 67.9 Å². The van der Waals surface area contributed by atoms with E-state index in [9.17, 15) is 9.59 Å². The van der Waals surface area contributed by atoms with Crippen LogP contribution in [0.5, 0.6) is 11.5 Å². The number of para-hydroxylation sites is 2. The zero-order valence-corrected chi connectivity index (χ0v) is 19.2. The maximum Gasteiger partial charge on any atom is 0.260 e. The summed E-state index contributed by atoms with van der Waals surface area (Å²) in [6.45, 7) is 0.332. The van der Waals surface area contributed by atoms with Crippen LogP contribution in [0.3, 0.4) is 0 Å². The van der Waals surface area contributed by atoms with E-state index in [1.54, 1.807) is 54.7 Å². The fourth-order valence-electron chi connectivity index (χ4n) is 3.45. The van der Waals surface area contributed by atoms with E-state index in [0.29, 0.717) is 29.3 Å². The van der Waals surface area contributed by atoms with Crippen molar-refractivity contribution in [1.29, 1.82) is 0 Å². The molecule has 0 aliphatic rings. The summed E-state index contributed by atoms with van der Waals surface area (Å²) < 4.78 is 11.2. The Labute approximate surface area is 196 Å². The quantitative estimate of drug-likeness (QED) is 0.392. The summed E-state index contributed by atoms with van der Waals surface area (Å²) in [4.78, 5) is 27.5. The van der Waals surface area contributed by atoms with Crippen LogP contribution in [0.2, 0.25) is 0 Å². The Morgan fingerprint density at radius 2 is 1.70 bits per heavy atom. The van der Waals surface area contributed by atoms with Crippen LogP contribution in [0.25, 0.3) is 10.8 Å². The number of likely N-dealkylation sites (N-methyl/N-ethyl adjacent to an activating group) is 1. The zero-order chi connectivity index (χ0) is 23.2. The molecule has 33 heavy (non-hydrogen) atoms. The molecule has 2 amide bonds. The van der Waals surface area contributed by atoms with Gasteiger partial charge in [-0.25, -0.2) is 0 Å². The number of carbonyl (C=O) groups is 2. The van der Waals surface area contributed by atoms with E-state index in [0.717, 1.165) is 16.3 Å². The first-order valence-electron chi connectivity index (χ1n) is 10.4. The summed E-state index contributed by atoms with van der Waals surface area (Å²) in [7, 11) is 3.28. The van der Waals surface area contributed by atoms with E-state index in [4.69, 9.17) is 9.47 Å². The van der Waals surface area contributed by atoms with Crippen LogP contribution in [0.15, 0.2) is 77.5 Å². The molecule has 0 radical (unpaired) electrons. The van der Waals surface area contributed by atoms with Crippen molar-refractivity contribution in [3.05, 3.63) is 88.6 Å². The van der Waals surface area contributed by atoms with Crippen LogP contribution >= 0.6 is 11.3 Å². The third kappa shape index (κ3) is 5.32. The van der Waals surface area contributed by atoms with Gasteiger partial charge in [0.15, 0.2) is 6.61 Å². The first kappa shape index (κ1) is 22.4. The van der Waals surface area contributed by atoms with Gasteiger partial charge in [-0.05, 0) is 57.4 Å². The normalized spacial score (nSPS) is 10.6. The predicted molar refractivity (Wildman–Crippen MR) is 131 cm³/mol. The minimum atomic E-state index is -0.348. The van der Waals surface area contributed by atoms with E-state index in [1.165, 1.54) is 0 Å². The number of hydrogen-bond acceptors (Lipinski definition) is 5. The molecule has 0 bridgehead atoms. The molecule has 0 saturated heterocycles. The van der Waals surface area contributed by atoms with E-state index >= 15 is 0 Å². The number of carbonyl (C=O) groups excluding carboxylic acids is 2. The molecular formula is C26H24N2O4S. The van der Waals surface area contributed by atoms with Crippen LogP contribution < -0.4 is 14.8 Å². The molecule has 3 aromatic carbocycles. The van der Waals surface area contributed by atoms with Gasteiger partial charge in [0, 0.05) is 13.6 Å². The highest BCUT2D eigenvalue weighted by molar-refractivity contribution is 7.07. The number of fused-ring (bicyclic) bond motifs is 1. The maximum absolute atomic E-state index is 13.2. The molecular weight excluding hydrogens is 436 g/mol. The molecule has 0 saturated carbocycles. The van der Waals surface area contributed by atoms with Crippen LogP contribution in [0.1, 0.15) is 15.9 Å². The Morgan fingerprint density at radius 1 is 0.970 bits per heavy atom. The molecule has 1 heterocycles. The van der Waals surface area contributed by atoms with Crippen molar-refractivity contribution in [2.45, 2.75) is 6.54 Å². The lowest BCUT2D eigenvalue weighted by Gasteiger charge is -2.18. The maximum atomic E-state index is 13.2. The highest BCUT2D eigenvalue weighted by Gasteiger charge is 2.18. The van der Waals surface area contributed by atoms with Gasteiger partial charge < -0.3 is 19.7 Å². The summed E-state index contributed by atoms with van der Waals surface area (Å²) in [5.74, 6) is 0.377. The monoisotopic (exact) mass is 460 g/mol. The number of ether oxygens (including phenoxy) is 2. The van der Waals surface area contributed by atoms with Crippen molar-refractivity contribution in [3.63, 3.8) is 0 Å². The Hall–Kier alpha value is -3.84. The van der Waals surface area contributed by atoms with E-state index in [2.05, 4.69) is 5.32 Å². The number of anilines is 1. The Balaban J connectivity index is 1.56. The van der Waals surface area contributed by atoms with Crippen LogP contribution in [-0.2, 0) is 11.3 Å². The van der Waals surface area contributed by atoms with Gasteiger partial charge in [-0.1, -0.05) is 36.4 Å². The average Bonchev–Trinajstić information content (AvgIpc) is 3.35. The van der Waals surface area contributed by atoms with Crippen LogP contribution in [0, 0.1) is 0 Å². The SMILES string of the molecule is COc1ccccc1NC(=O)c1cc2ccccc2cc1OCC(=O)N(C)Cc1ccsc1. The second-order valence-electron chi connectivity index (χ2n) is 7.52. The third-order valence-corrected chi connectivity index (χ3v) is 5.96.